The first kappa shape index (κ1) is 16.0. The number of benzene rings is 2. The number of para-hydroxylation sites is 1. The number of carbonyl (C=O) groups excluding carboxylic acids is 1. The van der Waals surface area contributed by atoms with Gasteiger partial charge < -0.3 is 5.32 Å². The van der Waals surface area contributed by atoms with Gasteiger partial charge in [0.2, 0.25) is 5.91 Å². The molecule has 0 spiro atoms. The Morgan fingerprint density at radius 3 is 2.76 bits per heavy atom. The van der Waals surface area contributed by atoms with Crippen LogP contribution in [0.3, 0.4) is 0 Å². The minimum Gasteiger partial charge on any atom is -0.326 e. The molecule has 4 heteroatoms. The first-order chi connectivity index (χ1) is 12.3. The Morgan fingerprint density at radius 2 is 2.00 bits per heavy atom. The highest BCUT2D eigenvalue weighted by Gasteiger charge is 2.14. The molecule has 126 valence electrons. The van der Waals surface area contributed by atoms with Gasteiger partial charge in [-0.05, 0) is 48.6 Å². The maximum atomic E-state index is 12.1. The topological polar surface area (TPSA) is 42.0 Å². The zero-order valence-corrected chi connectivity index (χ0v) is 14.8. The number of carbonyl (C=O) groups is 1. The maximum absolute atomic E-state index is 12.1. The Hall–Kier alpha value is -2.46. The number of rotatable bonds is 5. The van der Waals surface area contributed by atoms with Crippen LogP contribution in [0, 0.1) is 5.92 Å². The number of hydrogen-bond donors (Lipinski definition) is 1. The summed E-state index contributed by atoms with van der Waals surface area (Å²) >= 11 is 1.74. The quantitative estimate of drug-likeness (QED) is 0.645. The largest absolute Gasteiger partial charge is 0.326 e. The van der Waals surface area contributed by atoms with Gasteiger partial charge in [-0.3, -0.25) is 4.79 Å². The third kappa shape index (κ3) is 3.97. The van der Waals surface area contributed by atoms with Crippen LogP contribution in [-0.2, 0) is 11.2 Å². The van der Waals surface area contributed by atoms with Gasteiger partial charge in [-0.15, -0.1) is 11.3 Å². The van der Waals surface area contributed by atoms with Crippen LogP contribution in [0.25, 0.3) is 10.2 Å². The molecular weight excluding hydrogens is 328 g/mol. The third-order valence-corrected chi connectivity index (χ3v) is 5.53. The number of nitrogens with one attached hydrogen (secondary N) is 1. The van der Waals surface area contributed by atoms with E-state index in [0.717, 1.165) is 35.5 Å². The predicted molar refractivity (Wildman–Crippen MR) is 104 cm³/mol. The molecule has 3 nitrogen and oxygen atoms in total. The van der Waals surface area contributed by atoms with E-state index < -0.39 is 0 Å². The molecule has 1 aliphatic rings. The predicted octanol–water partition coefficient (Wildman–Crippen LogP) is 5.18. The molecule has 0 saturated heterocycles. The van der Waals surface area contributed by atoms with Gasteiger partial charge in [0, 0.05) is 18.5 Å². The molecule has 0 saturated carbocycles. The molecule has 2 aromatic carbocycles. The second kappa shape index (κ2) is 7.19. The molecule has 1 N–H and O–H groups in total. The van der Waals surface area contributed by atoms with E-state index in [1.165, 1.54) is 10.3 Å². The van der Waals surface area contributed by atoms with Gasteiger partial charge >= 0.3 is 0 Å². The smallest absolute Gasteiger partial charge is 0.224 e. The van der Waals surface area contributed by atoms with Crippen LogP contribution in [0.4, 0.5) is 5.69 Å². The summed E-state index contributed by atoms with van der Waals surface area (Å²) < 4.78 is 1.22. The number of amides is 1. The Morgan fingerprint density at radius 1 is 1.16 bits per heavy atom. The van der Waals surface area contributed by atoms with Crippen molar-refractivity contribution in [2.75, 3.05) is 5.32 Å². The van der Waals surface area contributed by atoms with Crippen LogP contribution < -0.4 is 5.32 Å². The van der Waals surface area contributed by atoms with Crippen LogP contribution in [0.5, 0.6) is 0 Å². The first-order valence-corrected chi connectivity index (χ1v) is 9.48. The molecule has 3 aromatic rings. The Balaban J connectivity index is 1.37. The lowest BCUT2D eigenvalue weighted by atomic mass is 10.0. The standard InChI is InChI=1S/C21H20N2OS/c24-20(13-15-5-1-2-6-15)22-17-11-9-16(10-12-17)14-21-23-18-7-3-4-8-19(18)25-21/h1,3-5,7-12,15H,2,6,13-14H2,(H,22,24). The normalized spacial score (nSPS) is 16.4. The average molecular weight is 348 g/mol. The number of fused-ring (bicyclic) bond motifs is 1. The lowest BCUT2D eigenvalue weighted by molar-refractivity contribution is -0.116. The van der Waals surface area contributed by atoms with Gasteiger partial charge in [0.25, 0.3) is 0 Å². The Kier molecular flexibility index (Phi) is 4.61. The fourth-order valence-electron chi connectivity index (χ4n) is 3.19. The number of thiazole rings is 1. The second-order valence-corrected chi connectivity index (χ2v) is 7.58. The molecule has 0 radical (unpaired) electrons. The molecule has 25 heavy (non-hydrogen) atoms. The summed E-state index contributed by atoms with van der Waals surface area (Å²) in [5, 5.41) is 4.11. The van der Waals surface area contributed by atoms with Crippen molar-refractivity contribution in [1.82, 2.24) is 4.98 Å². The molecule has 4 rings (SSSR count). The third-order valence-electron chi connectivity index (χ3n) is 4.49. The summed E-state index contributed by atoms with van der Waals surface area (Å²) in [7, 11) is 0. The van der Waals surface area contributed by atoms with Crippen molar-refractivity contribution in [3.63, 3.8) is 0 Å². The van der Waals surface area contributed by atoms with Gasteiger partial charge in [0.1, 0.15) is 0 Å². The molecule has 1 atom stereocenters. The fraction of sp³-hybridized carbons (Fsp3) is 0.238. The summed E-state index contributed by atoms with van der Waals surface area (Å²) in [6.07, 6.45) is 7.90. The number of anilines is 1. The molecular formula is C21H20N2OS. The minimum absolute atomic E-state index is 0.0930. The Labute approximate surface area is 151 Å². The summed E-state index contributed by atoms with van der Waals surface area (Å²) in [4.78, 5) is 16.8. The van der Waals surface area contributed by atoms with E-state index in [0.29, 0.717) is 12.3 Å². The van der Waals surface area contributed by atoms with E-state index in [1.807, 2.05) is 30.3 Å². The first-order valence-electron chi connectivity index (χ1n) is 8.66. The molecule has 1 heterocycles. The number of hydrogen-bond acceptors (Lipinski definition) is 3. The Bertz CT molecular complexity index is 878. The van der Waals surface area contributed by atoms with Gasteiger partial charge in [-0.25, -0.2) is 4.98 Å². The van der Waals surface area contributed by atoms with E-state index in [-0.39, 0.29) is 5.91 Å². The van der Waals surface area contributed by atoms with Crippen LogP contribution >= 0.6 is 11.3 Å². The summed E-state index contributed by atoms with van der Waals surface area (Å²) in [5.74, 6) is 0.494. The highest BCUT2D eigenvalue weighted by molar-refractivity contribution is 7.18. The lowest BCUT2D eigenvalue weighted by Gasteiger charge is -2.09. The highest BCUT2D eigenvalue weighted by atomic mass is 32.1. The van der Waals surface area contributed by atoms with Crippen LogP contribution in [0.2, 0.25) is 0 Å². The zero-order chi connectivity index (χ0) is 17.1. The van der Waals surface area contributed by atoms with Gasteiger partial charge in [-0.1, -0.05) is 36.4 Å². The van der Waals surface area contributed by atoms with Gasteiger partial charge in [0.15, 0.2) is 0 Å². The second-order valence-electron chi connectivity index (χ2n) is 6.47. The fourth-order valence-corrected chi connectivity index (χ4v) is 4.19. The number of aromatic nitrogens is 1. The van der Waals surface area contributed by atoms with Crippen molar-refractivity contribution in [2.45, 2.75) is 25.7 Å². The molecule has 1 aliphatic carbocycles. The van der Waals surface area contributed by atoms with Crippen molar-refractivity contribution in [1.29, 1.82) is 0 Å². The van der Waals surface area contributed by atoms with Crippen molar-refractivity contribution >= 4 is 33.1 Å². The minimum atomic E-state index is 0.0930. The molecule has 0 aliphatic heterocycles. The SMILES string of the molecule is O=C(CC1C=CCC1)Nc1ccc(Cc2nc3ccccc3s2)cc1. The molecule has 1 unspecified atom stereocenters. The number of allylic oxidation sites excluding steroid dienone is 2. The monoisotopic (exact) mass is 348 g/mol. The van der Waals surface area contributed by atoms with Crippen molar-refractivity contribution in [3.8, 4) is 0 Å². The van der Waals surface area contributed by atoms with Gasteiger partial charge in [-0.2, -0.15) is 0 Å². The summed E-state index contributed by atoms with van der Waals surface area (Å²) in [6, 6.07) is 16.3. The highest BCUT2D eigenvalue weighted by Crippen LogP contribution is 2.24. The van der Waals surface area contributed by atoms with Gasteiger partial charge in [0.05, 0.1) is 15.2 Å². The molecule has 0 bridgehead atoms. The number of nitrogens with zero attached hydrogens (tertiary/aromatic N) is 1. The van der Waals surface area contributed by atoms with Crippen LogP contribution in [-0.4, -0.2) is 10.9 Å². The van der Waals surface area contributed by atoms with E-state index in [9.17, 15) is 4.79 Å². The van der Waals surface area contributed by atoms with Crippen LogP contribution in [0.15, 0.2) is 60.7 Å². The maximum Gasteiger partial charge on any atom is 0.224 e. The lowest BCUT2D eigenvalue weighted by Crippen LogP contribution is -2.14. The van der Waals surface area contributed by atoms with Crippen LogP contribution in [0.1, 0.15) is 29.8 Å². The van der Waals surface area contributed by atoms with Crippen molar-refractivity contribution in [3.05, 3.63) is 71.3 Å². The van der Waals surface area contributed by atoms with E-state index in [4.69, 9.17) is 0 Å². The summed E-state index contributed by atoms with van der Waals surface area (Å²) in [6.45, 7) is 0. The zero-order valence-electron chi connectivity index (χ0n) is 13.9. The molecule has 1 aromatic heterocycles. The summed E-state index contributed by atoms with van der Waals surface area (Å²) in [5.41, 5.74) is 3.13. The molecule has 0 fully saturated rings. The van der Waals surface area contributed by atoms with Crippen molar-refractivity contribution < 1.29 is 4.79 Å². The van der Waals surface area contributed by atoms with E-state index in [2.05, 4.69) is 40.7 Å². The van der Waals surface area contributed by atoms with E-state index in [1.54, 1.807) is 11.3 Å². The molecule has 1 amide bonds. The van der Waals surface area contributed by atoms with E-state index >= 15 is 0 Å². The van der Waals surface area contributed by atoms with Crippen molar-refractivity contribution in [2.24, 2.45) is 5.92 Å². The average Bonchev–Trinajstić information content (AvgIpc) is 3.25.